The third-order valence-corrected chi connectivity index (χ3v) is 4.33. The van der Waals surface area contributed by atoms with Crippen molar-refractivity contribution in [3.63, 3.8) is 0 Å². The Kier molecular flexibility index (Phi) is 5.15. The van der Waals surface area contributed by atoms with Crippen LogP contribution in [0.5, 0.6) is 0 Å². The first-order chi connectivity index (χ1) is 9.61. The molecular weight excluding hydrogens is 250 g/mol. The molecule has 1 fully saturated rings. The first-order valence-electron chi connectivity index (χ1n) is 7.35. The number of hydrogen-bond donors (Lipinski definition) is 1. The molecule has 2 unspecified atom stereocenters. The molecule has 4 nitrogen and oxygen atoms in total. The maximum absolute atomic E-state index is 11.7. The average Bonchev–Trinajstić information content (AvgIpc) is 2.48. The largest absolute Gasteiger partial charge is 0.342 e. The third kappa shape index (κ3) is 3.58. The fraction of sp³-hybridized carbons (Fsp3) is 0.562. The van der Waals surface area contributed by atoms with Crippen molar-refractivity contribution in [2.75, 3.05) is 20.1 Å². The van der Waals surface area contributed by atoms with Crippen molar-refractivity contribution in [1.82, 2.24) is 9.80 Å². The van der Waals surface area contributed by atoms with Gasteiger partial charge in [-0.05, 0) is 25.3 Å². The molecule has 2 N–H and O–H groups in total. The van der Waals surface area contributed by atoms with E-state index in [2.05, 4.69) is 36.1 Å². The number of nitrogens with two attached hydrogens (primary N) is 1. The van der Waals surface area contributed by atoms with Gasteiger partial charge in [-0.25, -0.2) is 0 Å². The van der Waals surface area contributed by atoms with Gasteiger partial charge in [0.2, 0.25) is 5.91 Å². The Morgan fingerprint density at radius 2 is 2.10 bits per heavy atom. The number of likely N-dealkylation sites (tertiary alicyclic amines) is 1. The van der Waals surface area contributed by atoms with Crippen LogP contribution in [-0.4, -0.2) is 47.9 Å². The summed E-state index contributed by atoms with van der Waals surface area (Å²) < 4.78 is 0. The van der Waals surface area contributed by atoms with Crippen molar-refractivity contribution < 1.29 is 4.79 Å². The predicted octanol–water partition coefficient (Wildman–Crippen LogP) is 1.46. The van der Waals surface area contributed by atoms with Crippen LogP contribution in [-0.2, 0) is 11.3 Å². The first kappa shape index (κ1) is 15.0. The number of hydrogen-bond acceptors (Lipinski definition) is 3. The van der Waals surface area contributed by atoms with Crippen LogP contribution >= 0.6 is 0 Å². The summed E-state index contributed by atoms with van der Waals surface area (Å²) >= 11 is 0. The van der Waals surface area contributed by atoms with Gasteiger partial charge in [0.05, 0.1) is 6.54 Å². The number of nitrogens with zero attached hydrogens (tertiary/aromatic N) is 2. The van der Waals surface area contributed by atoms with Gasteiger partial charge in [0, 0.05) is 32.2 Å². The number of rotatable bonds is 4. The number of carbonyl (C=O) groups is 1. The van der Waals surface area contributed by atoms with Crippen LogP contribution in [0.25, 0.3) is 0 Å². The standard InChI is InChI=1S/C16H25N3O/c1-13-10-15(18(2)16(20)11-17)8-9-19(13)12-14-6-4-3-5-7-14/h3-7,13,15H,8-12,17H2,1-2H3. The van der Waals surface area contributed by atoms with Crippen LogP contribution in [0.2, 0.25) is 0 Å². The van der Waals surface area contributed by atoms with Gasteiger partial charge in [-0.3, -0.25) is 9.69 Å². The van der Waals surface area contributed by atoms with Crippen molar-refractivity contribution in [3.05, 3.63) is 35.9 Å². The molecule has 1 aliphatic heterocycles. The van der Waals surface area contributed by atoms with Gasteiger partial charge in [0.1, 0.15) is 0 Å². The number of benzene rings is 1. The van der Waals surface area contributed by atoms with Gasteiger partial charge in [0.25, 0.3) is 0 Å². The Morgan fingerprint density at radius 3 is 2.70 bits per heavy atom. The number of carbonyl (C=O) groups excluding carboxylic acids is 1. The zero-order valence-electron chi connectivity index (χ0n) is 12.5. The lowest BCUT2D eigenvalue weighted by atomic mass is 9.96. The van der Waals surface area contributed by atoms with E-state index in [1.807, 2.05) is 18.0 Å². The zero-order valence-corrected chi connectivity index (χ0v) is 12.5. The maximum Gasteiger partial charge on any atom is 0.236 e. The summed E-state index contributed by atoms with van der Waals surface area (Å²) in [5.74, 6) is 0.0405. The second-order valence-electron chi connectivity index (χ2n) is 5.69. The van der Waals surface area contributed by atoms with Gasteiger partial charge >= 0.3 is 0 Å². The van der Waals surface area contributed by atoms with E-state index in [0.29, 0.717) is 12.1 Å². The topological polar surface area (TPSA) is 49.6 Å². The summed E-state index contributed by atoms with van der Waals surface area (Å²) in [7, 11) is 1.87. The van der Waals surface area contributed by atoms with Crippen molar-refractivity contribution in [1.29, 1.82) is 0 Å². The molecule has 1 aromatic carbocycles. The van der Waals surface area contributed by atoms with Gasteiger partial charge < -0.3 is 10.6 Å². The van der Waals surface area contributed by atoms with E-state index in [0.717, 1.165) is 25.9 Å². The van der Waals surface area contributed by atoms with E-state index in [-0.39, 0.29) is 12.5 Å². The summed E-state index contributed by atoms with van der Waals surface area (Å²) in [5.41, 5.74) is 6.79. The summed E-state index contributed by atoms with van der Waals surface area (Å²) in [6.45, 7) is 4.37. The summed E-state index contributed by atoms with van der Waals surface area (Å²) in [4.78, 5) is 16.0. The van der Waals surface area contributed by atoms with Crippen LogP contribution < -0.4 is 5.73 Å². The van der Waals surface area contributed by atoms with Crippen molar-refractivity contribution >= 4 is 5.91 Å². The molecule has 0 aliphatic carbocycles. The normalized spacial score (nSPS) is 23.6. The average molecular weight is 275 g/mol. The van der Waals surface area contributed by atoms with Gasteiger partial charge in [-0.1, -0.05) is 30.3 Å². The van der Waals surface area contributed by atoms with Crippen molar-refractivity contribution in [2.24, 2.45) is 5.73 Å². The molecule has 1 heterocycles. The highest BCUT2D eigenvalue weighted by molar-refractivity contribution is 5.78. The minimum atomic E-state index is 0.0405. The van der Waals surface area contributed by atoms with Gasteiger partial charge in [-0.15, -0.1) is 0 Å². The SMILES string of the molecule is CC1CC(N(C)C(=O)CN)CCN1Cc1ccccc1. The molecule has 2 rings (SSSR count). The molecule has 0 spiro atoms. The van der Waals surface area contributed by atoms with Gasteiger partial charge in [-0.2, -0.15) is 0 Å². The second-order valence-corrected chi connectivity index (χ2v) is 5.69. The third-order valence-electron chi connectivity index (χ3n) is 4.33. The molecule has 1 amide bonds. The Labute approximate surface area is 121 Å². The lowest BCUT2D eigenvalue weighted by molar-refractivity contribution is -0.131. The smallest absolute Gasteiger partial charge is 0.236 e. The zero-order chi connectivity index (χ0) is 14.5. The van der Waals surface area contributed by atoms with Crippen LogP contribution in [0.1, 0.15) is 25.3 Å². The first-order valence-corrected chi connectivity index (χ1v) is 7.35. The van der Waals surface area contributed by atoms with Crippen LogP contribution in [0.15, 0.2) is 30.3 Å². The van der Waals surface area contributed by atoms with E-state index >= 15 is 0 Å². The minimum Gasteiger partial charge on any atom is -0.342 e. The fourth-order valence-corrected chi connectivity index (χ4v) is 2.95. The van der Waals surface area contributed by atoms with E-state index in [4.69, 9.17) is 5.73 Å². The molecule has 1 aliphatic rings. The van der Waals surface area contributed by atoms with E-state index in [9.17, 15) is 4.79 Å². The van der Waals surface area contributed by atoms with Gasteiger partial charge in [0.15, 0.2) is 0 Å². The lowest BCUT2D eigenvalue weighted by Crippen LogP contribution is -2.50. The summed E-state index contributed by atoms with van der Waals surface area (Å²) in [6, 6.07) is 11.4. The quantitative estimate of drug-likeness (QED) is 0.905. The second kappa shape index (κ2) is 6.86. The molecule has 0 saturated carbocycles. The molecule has 2 atom stereocenters. The predicted molar refractivity (Wildman–Crippen MR) is 81.2 cm³/mol. The van der Waals surface area contributed by atoms with E-state index in [1.54, 1.807) is 0 Å². The monoisotopic (exact) mass is 275 g/mol. The Morgan fingerprint density at radius 1 is 1.40 bits per heavy atom. The number of amides is 1. The lowest BCUT2D eigenvalue weighted by Gasteiger charge is -2.41. The molecule has 0 bridgehead atoms. The van der Waals surface area contributed by atoms with Crippen molar-refractivity contribution in [3.8, 4) is 0 Å². The van der Waals surface area contributed by atoms with E-state index < -0.39 is 0 Å². The summed E-state index contributed by atoms with van der Waals surface area (Å²) in [5, 5.41) is 0. The van der Waals surface area contributed by atoms with Crippen molar-refractivity contribution in [2.45, 2.75) is 38.4 Å². The highest BCUT2D eigenvalue weighted by Gasteiger charge is 2.29. The molecule has 110 valence electrons. The Balaban J connectivity index is 1.91. The number of likely N-dealkylation sites (N-methyl/N-ethyl adjacent to an activating group) is 1. The fourth-order valence-electron chi connectivity index (χ4n) is 2.95. The Bertz CT molecular complexity index is 435. The molecule has 20 heavy (non-hydrogen) atoms. The van der Waals surface area contributed by atoms with Crippen LogP contribution in [0.4, 0.5) is 0 Å². The highest BCUT2D eigenvalue weighted by Crippen LogP contribution is 2.22. The minimum absolute atomic E-state index is 0.0405. The van der Waals surface area contributed by atoms with Crippen LogP contribution in [0, 0.1) is 0 Å². The van der Waals surface area contributed by atoms with Crippen LogP contribution in [0.3, 0.4) is 0 Å². The maximum atomic E-state index is 11.7. The van der Waals surface area contributed by atoms with E-state index in [1.165, 1.54) is 5.56 Å². The molecule has 0 radical (unpaired) electrons. The molecule has 4 heteroatoms. The summed E-state index contributed by atoms with van der Waals surface area (Å²) in [6.07, 6.45) is 2.05. The molecular formula is C16H25N3O. The highest BCUT2D eigenvalue weighted by atomic mass is 16.2. The molecule has 1 saturated heterocycles. The molecule has 0 aromatic heterocycles. The Hall–Kier alpha value is -1.39. The molecule has 1 aromatic rings. The number of piperidine rings is 1.